The Hall–Kier alpha value is -2.54. The second-order valence-electron chi connectivity index (χ2n) is 7.99. The van der Waals surface area contributed by atoms with Gasteiger partial charge < -0.3 is 14.5 Å². The van der Waals surface area contributed by atoms with Crippen LogP contribution in [0.1, 0.15) is 30.9 Å². The van der Waals surface area contributed by atoms with Gasteiger partial charge in [0, 0.05) is 36.7 Å². The number of ether oxygens (including phenoxy) is 1. The molecule has 0 aliphatic carbocycles. The molecule has 8 heteroatoms. The maximum Gasteiger partial charge on any atom is 0.309 e. The van der Waals surface area contributed by atoms with Gasteiger partial charge in [0.25, 0.3) is 0 Å². The van der Waals surface area contributed by atoms with Gasteiger partial charge >= 0.3 is 5.97 Å². The van der Waals surface area contributed by atoms with E-state index in [2.05, 4.69) is 0 Å². The lowest BCUT2D eigenvalue weighted by atomic mass is 9.96. The van der Waals surface area contributed by atoms with Crippen LogP contribution in [-0.4, -0.2) is 43.1 Å². The summed E-state index contributed by atoms with van der Waals surface area (Å²) in [6.45, 7) is 3.68. The van der Waals surface area contributed by atoms with Gasteiger partial charge in [-0.15, -0.1) is 0 Å². The van der Waals surface area contributed by atoms with Gasteiger partial charge in [-0.05, 0) is 55.2 Å². The van der Waals surface area contributed by atoms with Crippen molar-refractivity contribution in [2.45, 2.75) is 26.2 Å². The summed E-state index contributed by atoms with van der Waals surface area (Å²) in [5.74, 6) is 0.238. The average Bonchev–Trinajstić information content (AvgIpc) is 2.84. The molecule has 4 rings (SSSR count). The second-order valence-corrected chi connectivity index (χ2v) is 8.77. The lowest BCUT2D eigenvalue weighted by Gasteiger charge is -2.30. The van der Waals surface area contributed by atoms with E-state index in [-0.39, 0.29) is 17.8 Å². The maximum absolute atomic E-state index is 12.8. The Morgan fingerprint density at radius 2 is 1.97 bits per heavy atom. The summed E-state index contributed by atoms with van der Waals surface area (Å²) < 4.78 is 5.10. The zero-order valence-electron chi connectivity index (χ0n) is 18.3. The first kappa shape index (κ1) is 23.6. The first-order valence-corrected chi connectivity index (χ1v) is 11.8. The van der Waals surface area contributed by atoms with E-state index in [1.165, 1.54) is 6.08 Å². The molecular formula is C25H25Cl2NO5. The molecule has 2 aromatic rings. The smallest absolute Gasteiger partial charge is 0.309 e. The summed E-state index contributed by atoms with van der Waals surface area (Å²) in [7, 11) is 0. The van der Waals surface area contributed by atoms with E-state index in [1.807, 2.05) is 24.3 Å². The van der Waals surface area contributed by atoms with Gasteiger partial charge in [0.15, 0.2) is 5.75 Å². The largest absolute Gasteiger partial charge is 0.466 e. The lowest BCUT2D eigenvalue weighted by Crippen LogP contribution is -2.39. The predicted molar refractivity (Wildman–Crippen MR) is 127 cm³/mol. The first-order chi connectivity index (χ1) is 16.0. The molecule has 2 aliphatic heterocycles. The van der Waals surface area contributed by atoms with Gasteiger partial charge in [0.1, 0.15) is 0 Å². The zero-order chi connectivity index (χ0) is 23.4. The SMILES string of the molecule is CCOC(=O)C1CCN(C(=O)/C=C/c2c(-c3ccc4c(c3)CCOO4)ccc(Cl)c2Cl)CC1. The molecule has 33 heavy (non-hydrogen) atoms. The normalized spacial score (nSPS) is 16.4. The van der Waals surface area contributed by atoms with Crippen molar-refractivity contribution in [1.82, 2.24) is 4.90 Å². The maximum atomic E-state index is 12.8. The molecule has 0 atom stereocenters. The van der Waals surface area contributed by atoms with Crippen LogP contribution in [0, 0.1) is 5.92 Å². The molecule has 2 aromatic carbocycles. The molecule has 0 spiro atoms. The molecule has 2 aliphatic rings. The number of amides is 1. The van der Waals surface area contributed by atoms with Crippen LogP contribution >= 0.6 is 23.2 Å². The second kappa shape index (κ2) is 10.6. The molecule has 0 unspecified atom stereocenters. The van der Waals surface area contributed by atoms with Crippen LogP contribution in [0.15, 0.2) is 36.4 Å². The van der Waals surface area contributed by atoms with Crippen LogP contribution in [0.4, 0.5) is 0 Å². The number of likely N-dealkylation sites (tertiary alicyclic amines) is 1. The fourth-order valence-electron chi connectivity index (χ4n) is 4.12. The summed E-state index contributed by atoms with van der Waals surface area (Å²) in [6, 6.07) is 9.46. The fraction of sp³-hybridized carbons (Fsp3) is 0.360. The molecule has 174 valence electrons. The fourth-order valence-corrected chi connectivity index (χ4v) is 4.51. The van der Waals surface area contributed by atoms with E-state index in [4.69, 9.17) is 37.7 Å². The highest BCUT2D eigenvalue weighted by Crippen LogP contribution is 2.37. The van der Waals surface area contributed by atoms with Crippen molar-refractivity contribution in [1.29, 1.82) is 0 Å². The summed E-state index contributed by atoms with van der Waals surface area (Å²) in [6.07, 6.45) is 5.17. The molecule has 0 saturated carbocycles. The van der Waals surface area contributed by atoms with Crippen molar-refractivity contribution in [3.63, 3.8) is 0 Å². The highest BCUT2D eigenvalue weighted by molar-refractivity contribution is 6.43. The van der Waals surface area contributed by atoms with Gasteiger partial charge in [0.05, 0.1) is 29.2 Å². The molecule has 0 N–H and O–H groups in total. The summed E-state index contributed by atoms with van der Waals surface area (Å²) in [4.78, 5) is 36.8. The van der Waals surface area contributed by atoms with Crippen LogP contribution in [0.2, 0.25) is 10.0 Å². The Morgan fingerprint density at radius 1 is 1.18 bits per heavy atom. The van der Waals surface area contributed by atoms with Gasteiger partial charge in [-0.2, -0.15) is 4.89 Å². The van der Waals surface area contributed by atoms with E-state index in [1.54, 1.807) is 24.0 Å². The third kappa shape index (κ3) is 5.35. The number of hydrogen-bond acceptors (Lipinski definition) is 5. The first-order valence-electron chi connectivity index (χ1n) is 11.0. The zero-order valence-corrected chi connectivity index (χ0v) is 19.8. The number of benzene rings is 2. The van der Waals surface area contributed by atoms with Crippen LogP contribution in [0.25, 0.3) is 17.2 Å². The molecule has 6 nitrogen and oxygen atoms in total. The molecule has 1 saturated heterocycles. The Kier molecular flexibility index (Phi) is 7.58. The minimum Gasteiger partial charge on any atom is -0.466 e. The summed E-state index contributed by atoms with van der Waals surface area (Å²) >= 11 is 12.8. The Labute approximate surface area is 202 Å². The number of hydrogen-bond donors (Lipinski definition) is 0. The van der Waals surface area contributed by atoms with Crippen molar-refractivity contribution >= 4 is 41.2 Å². The van der Waals surface area contributed by atoms with Crippen molar-refractivity contribution in [3.8, 4) is 16.9 Å². The predicted octanol–water partition coefficient (Wildman–Crippen LogP) is 5.34. The van der Waals surface area contributed by atoms with E-state index in [0.717, 1.165) is 23.1 Å². The van der Waals surface area contributed by atoms with Crippen LogP contribution in [-0.2, 0) is 25.6 Å². The molecule has 2 heterocycles. The molecule has 1 amide bonds. The van der Waals surface area contributed by atoms with Crippen LogP contribution < -0.4 is 4.89 Å². The Balaban J connectivity index is 1.53. The molecule has 0 bridgehead atoms. The van der Waals surface area contributed by atoms with E-state index in [9.17, 15) is 9.59 Å². The summed E-state index contributed by atoms with van der Waals surface area (Å²) in [5.41, 5.74) is 3.52. The molecule has 0 aromatic heterocycles. The molecule has 1 fully saturated rings. The van der Waals surface area contributed by atoms with Crippen molar-refractivity contribution < 1.29 is 24.1 Å². The number of rotatable bonds is 5. The highest BCUT2D eigenvalue weighted by atomic mass is 35.5. The third-order valence-corrected chi connectivity index (χ3v) is 6.75. The van der Waals surface area contributed by atoms with Crippen LogP contribution in [0.5, 0.6) is 5.75 Å². The standard InChI is InChI=1S/C25H25Cl2NO5/c1-2-31-25(30)16-9-12-28(13-10-16)23(29)8-5-20-19(4-6-21(26)24(20)27)17-3-7-22-18(15-17)11-14-32-33-22/h3-8,15-16H,2,9-14H2,1H3/b8-5+. The Bertz CT molecular complexity index is 1080. The number of piperidine rings is 1. The van der Waals surface area contributed by atoms with Crippen LogP contribution in [0.3, 0.4) is 0 Å². The number of fused-ring (bicyclic) bond motifs is 1. The number of carbonyl (C=O) groups excluding carboxylic acids is 2. The topological polar surface area (TPSA) is 65.1 Å². The average molecular weight is 490 g/mol. The Morgan fingerprint density at radius 3 is 2.73 bits per heavy atom. The highest BCUT2D eigenvalue weighted by Gasteiger charge is 2.27. The quantitative estimate of drug-likeness (QED) is 0.322. The van der Waals surface area contributed by atoms with Crippen molar-refractivity contribution in [3.05, 3.63) is 57.6 Å². The van der Waals surface area contributed by atoms with Gasteiger partial charge in [0.2, 0.25) is 5.91 Å². The van der Waals surface area contributed by atoms with E-state index >= 15 is 0 Å². The number of halogens is 2. The van der Waals surface area contributed by atoms with E-state index < -0.39 is 0 Å². The van der Waals surface area contributed by atoms with Gasteiger partial charge in [-0.25, -0.2) is 0 Å². The molecular weight excluding hydrogens is 465 g/mol. The van der Waals surface area contributed by atoms with Crippen molar-refractivity contribution in [2.24, 2.45) is 5.92 Å². The summed E-state index contributed by atoms with van der Waals surface area (Å²) in [5, 5.41) is 0.800. The minimum absolute atomic E-state index is 0.129. The third-order valence-electron chi connectivity index (χ3n) is 5.93. The number of esters is 1. The molecule has 0 radical (unpaired) electrons. The van der Waals surface area contributed by atoms with E-state index in [0.29, 0.717) is 60.5 Å². The minimum atomic E-state index is -0.183. The van der Waals surface area contributed by atoms with Gasteiger partial charge in [-0.3, -0.25) is 9.59 Å². The monoisotopic (exact) mass is 489 g/mol. The van der Waals surface area contributed by atoms with Gasteiger partial charge in [-0.1, -0.05) is 35.3 Å². The number of carbonyl (C=O) groups is 2. The lowest BCUT2D eigenvalue weighted by molar-refractivity contribution is -0.215. The number of nitrogens with zero attached hydrogens (tertiary/aromatic N) is 1. The van der Waals surface area contributed by atoms with Crippen molar-refractivity contribution in [2.75, 3.05) is 26.3 Å².